The van der Waals surface area contributed by atoms with E-state index in [9.17, 15) is 4.79 Å². The zero-order valence-corrected chi connectivity index (χ0v) is 10.8. The Labute approximate surface area is 116 Å². The van der Waals surface area contributed by atoms with E-state index in [4.69, 9.17) is 10.00 Å². The van der Waals surface area contributed by atoms with Crippen LogP contribution in [0.5, 0.6) is 5.88 Å². The Morgan fingerprint density at radius 1 is 1.30 bits per heavy atom. The summed E-state index contributed by atoms with van der Waals surface area (Å²) in [5, 5.41) is 18.9. The zero-order valence-electron chi connectivity index (χ0n) is 10.8. The van der Waals surface area contributed by atoms with Crippen LogP contribution in [0.3, 0.4) is 0 Å². The number of nitrogens with one attached hydrogen (secondary N) is 1. The Hall–Kier alpha value is -2.94. The van der Waals surface area contributed by atoms with E-state index in [-0.39, 0.29) is 12.5 Å². The molecule has 0 spiro atoms. The summed E-state index contributed by atoms with van der Waals surface area (Å²) >= 11 is 0. The zero-order chi connectivity index (χ0) is 14.4. The van der Waals surface area contributed by atoms with Crippen molar-refractivity contribution in [1.82, 2.24) is 15.5 Å². The van der Waals surface area contributed by atoms with Gasteiger partial charge < -0.3 is 10.1 Å². The molecule has 0 atom stereocenters. The standard InChI is InChI=1S/C14H12N4O2/c1-20-13-7-6-12(17-18-13)10-4-2-3-5-11(10)14(19)16-9-8-15/h2-7H,9H2,1H3,(H,16,19). The Morgan fingerprint density at radius 2 is 2.10 bits per heavy atom. The van der Waals surface area contributed by atoms with E-state index in [0.29, 0.717) is 22.7 Å². The first-order valence-corrected chi connectivity index (χ1v) is 5.88. The van der Waals surface area contributed by atoms with E-state index in [1.54, 1.807) is 30.3 Å². The van der Waals surface area contributed by atoms with Crippen LogP contribution in [0.2, 0.25) is 0 Å². The molecule has 0 bridgehead atoms. The molecule has 1 heterocycles. The average molecular weight is 268 g/mol. The highest BCUT2D eigenvalue weighted by Crippen LogP contribution is 2.22. The number of carbonyl (C=O) groups is 1. The topological polar surface area (TPSA) is 87.9 Å². The van der Waals surface area contributed by atoms with Gasteiger partial charge in [-0.1, -0.05) is 18.2 Å². The largest absolute Gasteiger partial charge is 0.480 e. The van der Waals surface area contributed by atoms with Crippen LogP contribution in [0.15, 0.2) is 36.4 Å². The Bertz CT molecular complexity index is 647. The first-order valence-electron chi connectivity index (χ1n) is 5.88. The van der Waals surface area contributed by atoms with Gasteiger partial charge in [0.25, 0.3) is 5.91 Å². The van der Waals surface area contributed by atoms with Gasteiger partial charge in [-0.2, -0.15) is 5.26 Å². The van der Waals surface area contributed by atoms with Crippen molar-refractivity contribution in [3.05, 3.63) is 42.0 Å². The lowest BCUT2D eigenvalue weighted by atomic mass is 10.0. The third-order valence-electron chi connectivity index (χ3n) is 2.62. The predicted octanol–water partition coefficient (Wildman–Crippen LogP) is 1.41. The maximum Gasteiger partial charge on any atom is 0.252 e. The number of hydrogen-bond donors (Lipinski definition) is 1. The minimum absolute atomic E-state index is 0.0402. The molecule has 1 amide bonds. The Morgan fingerprint density at radius 3 is 2.75 bits per heavy atom. The smallest absolute Gasteiger partial charge is 0.252 e. The molecule has 1 N–H and O–H groups in total. The molecule has 0 radical (unpaired) electrons. The van der Waals surface area contributed by atoms with Crippen LogP contribution < -0.4 is 10.1 Å². The summed E-state index contributed by atoms with van der Waals surface area (Å²) in [5.74, 6) is 0.0833. The summed E-state index contributed by atoms with van der Waals surface area (Å²) in [6, 6.07) is 12.3. The number of benzene rings is 1. The molecule has 1 aromatic carbocycles. The van der Waals surface area contributed by atoms with Gasteiger partial charge in [0, 0.05) is 17.2 Å². The molecular formula is C14H12N4O2. The van der Waals surface area contributed by atoms with Crippen LogP contribution in [-0.2, 0) is 0 Å². The molecule has 0 unspecified atom stereocenters. The van der Waals surface area contributed by atoms with Crippen LogP contribution in [0.1, 0.15) is 10.4 Å². The molecule has 2 rings (SSSR count). The predicted molar refractivity (Wildman–Crippen MR) is 72.0 cm³/mol. The van der Waals surface area contributed by atoms with Crippen molar-refractivity contribution < 1.29 is 9.53 Å². The fraction of sp³-hybridized carbons (Fsp3) is 0.143. The molecule has 0 fully saturated rings. The van der Waals surface area contributed by atoms with Crippen molar-refractivity contribution >= 4 is 5.91 Å². The number of rotatable bonds is 4. The second-order valence-electron chi connectivity index (χ2n) is 3.85. The van der Waals surface area contributed by atoms with Crippen molar-refractivity contribution in [3.63, 3.8) is 0 Å². The van der Waals surface area contributed by atoms with E-state index in [0.717, 1.165) is 0 Å². The van der Waals surface area contributed by atoms with Crippen molar-refractivity contribution in [2.75, 3.05) is 13.7 Å². The van der Waals surface area contributed by atoms with Gasteiger partial charge in [0.1, 0.15) is 6.54 Å². The van der Waals surface area contributed by atoms with E-state index in [1.165, 1.54) is 7.11 Å². The van der Waals surface area contributed by atoms with Gasteiger partial charge in [-0.15, -0.1) is 10.2 Å². The SMILES string of the molecule is COc1ccc(-c2ccccc2C(=O)NCC#N)nn1. The van der Waals surface area contributed by atoms with Gasteiger partial charge in [0.05, 0.1) is 18.9 Å². The summed E-state index contributed by atoms with van der Waals surface area (Å²) in [6.07, 6.45) is 0. The Kier molecular flexibility index (Phi) is 4.24. The van der Waals surface area contributed by atoms with Crippen LogP contribution >= 0.6 is 0 Å². The Balaban J connectivity index is 2.36. The summed E-state index contributed by atoms with van der Waals surface area (Å²) < 4.78 is 4.95. The number of carbonyl (C=O) groups excluding carboxylic acids is 1. The van der Waals surface area contributed by atoms with Gasteiger partial charge in [-0.25, -0.2) is 0 Å². The molecule has 6 nitrogen and oxygen atoms in total. The number of nitrogens with zero attached hydrogens (tertiary/aromatic N) is 3. The lowest BCUT2D eigenvalue weighted by Gasteiger charge is -2.08. The molecule has 0 saturated heterocycles. The number of hydrogen-bond acceptors (Lipinski definition) is 5. The van der Waals surface area contributed by atoms with Crippen molar-refractivity contribution in [3.8, 4) is 23.2 Å². The van der Waals surface area contributed by atoms with E-state index in [1.807, 2.05) is 12.1 Å². The van der Waals surface area contributed by atoms with Gasteiger partial charge in [-0.05, 0) is 12.1 Å². The molecule has 100 valence electrons. The quantitative estimate of drug-likeness (QED) is 0.847. The van der Waals surface area contributed by atoms with Gasteiger partial charge >= 0.3 is 0 Å². The second-order valence-corrected chi connectivity index (χ2v) is 3.85. The normalized spacial score (nSPS) is 9.60. The maximum absolute atomic E-state index is 12.0. The van der Waals surface area contributed by atoms with E-state index >= 15 is 0 Å². The molecule has 6 heteroatoms. The number of ether oxygens (including phenoxy) is 1. The van der Waals surface area contributed by atoms with Gasteiger partial charge in [-0.3, -0.25) is 4.79 Å². The lowest BCUT2D eigenvalue weighted by Crippen LogP contribution is -2.24. The lowest BCUT2D eigenvalue weighted by molar-refractivity contribution is 0.0959. The van der Waals surface area contributed by atoms with Crippen molar-refractivity contribution in [2.24, 2.45) is 0 Å². The van der Waals surface area contributed by atoms with Crippen molar-refractivity contribution in [2.45, 2.75) is 0 Å². The molecule has 2 aromatic rings. The minimum atomic E-state index is -0.320. The second kappa shape index (κ2) is 6.29. The summed E-state index contributed by atoms with van der Waals surface area (Å²) in [6.45, 7) is -0.0402. The van der Waals surface area contributed by atoms with E-state index in [2.05, 4.69) is 15.5 Å². The first-order chi connectivity index (χ1) is 9.76. The summed E-state index contributed by atoms with van der Waals surface area (Å²) in [5.41, 5.74) is 1.66. The molecule has 1 aromatic heterocycles. The van der Waals surface area contributed by atoms with Crippen LogP contribution in [0.25, 0.3) is 11.3 Å². The number of aromatic nitrogens is 2. The van der Waals surface area contributed by atoms with E-state index < -0.39 is 0 Å². The highest BCUT2D eigenvalue weighted by atomic mass is 16.5. The van der Waals surface area contributed by atoms with Gasteiger partial charge in [0.2, 0.25) is 5.88 Å². The average Bonchev–Trinajstić information content (AvgIpc) is 2.52. The molecule has 0 aliphatic rings. The molecule has 0 saturated carbocycles. The molecule has 0 aliphatic carbocycles. The number of nitriles is 1. The first kappa shape index (κ1) is 13.5. The highest BCUT2D eigenvalue weighted by Gasteiger charge is 2.13. The van der Waals surface area contributed by atoms with Crippen LogP contribution in [-0.4, -0.2) is 29.8 Å². The summed E-state index contributed by atoms with van der Waals surface area (Å²) in [4.78, 5) is 12.0. The highest BCUT2D eigenvalue weighted by molar-refractivity contribution is 6.00. The minimum Gasteiger partial charge on any atom is -0.480 e. The molecule has 0 aliphatic heterocycles. The third-order valence-corrected chi connectivity index (χ3v) is 2.62. The third kappa shape index (κ3) is 2.90. The number of methoxy groups -OCH3 is 1. The summed E-state index contributed by atoms with van der Waals surface area (Å²) in [7, 11) is 1.51. The van der Waals surface area contributed by atoms with Crippen molar-refractivity contribution in [1.29, 1.82) is 5.26 Å². The molecular weight excluding hydrogens is 256 g/mol. The monoisotopic (exact) mass is 268 g/mol. The fourth-order valence-electron chi connectivity index (χ4n) is 1.69. The molecule has 20 heavy (non-hydrogen) atoms. The van der Waals surface area contributed by atoms with Crippen LogP contribution in [0.4, 0.5) is 0 Å². The maximum atomic E-state index is 12.0. The van der Waals surface area contributed by atoms with Gasteiger partial charge in [0.15, 0.2) is 0 Å². The van der Waals surface area contributed by atoms with Crippen LogP contribution in [0, 0.1) is 11.3 Å². The number of amides is 1. The fourth-order valence-corrected chi connectivity index (χ4v) is 1.69.